The van der Waals surface area contributed by atoms with E-state index in [4.69, 9.17) is 13.6 Å². The van der Waals surface area contributed by atoms with Gasteiger partial charge in [0.2, 0.25) is 17.2 Å². The van der Waals surface area contributed by atoms with Crippen LogP contribution in [0.5, 0.6) is 0 Å². The highest BCUT2D eigenvalue weighted by Gasteiger charge is 2.28. The van der Waals surface area contributed by atoms with Crippen LogP contribution in [0.3, 0.4) is 0 Å². The quantitative estimate of drug-likeness (QED) is 0.551. The van der Waals surface area contributed by atoms with Gasteiger partial charge in [-0.1, -0.05) is 0 Å². The first-order valence-corrected chi connectivity index (χ1v) is 9.63. The van der Waals surface area contributed by atoms with Crippen molar-refractivity contribution in [1.82, 2.24) is 19.9 Å². The SMILES string of the molecule is CC1(C)Cc2nc3oc4c(=O)n(CC(=O)NCc5ccco5)cnc4c3cc2CO1. The van der Waals surface area contributed by atoms with Gasteiger partial charge < -0.3 is 18.9 Å². The van der Waals surface area contributed by atoms with Crippen LogP contribution < -0.4 is 10.9 Å². The Labute approximate surface area is 170 Å². The van der Waals surface area contributed by atoms with Crippen LogP contribution in [0, 0.1) is 0 Å². The summed E-state index contributed by atoms with van der Waals surface area (Å²) in [5.41, 5.74) is 2.02. The van der Waals surface area contributed by atoms with Crippen molar-refractivity contribution in [2.75, 3.05) is 0 Å². The van der Waals surface area contributed by atoms with E-state index >= 15 is 0 Å². The maximum absolute atomic E-state index is 12.9. The molecule has 1 aliphatic rings. The number of carbonyl (C=O) groups is 1. The maximum atomic E-state index is 12.9. The van der Waals surface area contributed by atoms with E-state index in [9.17, 15) is 9.59 Å². The first-order valence-electron chi connectivity index (χ1n) is 9.63. The van der Waals surface area contributed by atoms with Crippen molar-refractivity contribution in [3.63, 3.8) is 0 Å². The van der Waals surface area contributed by atoms with Crippen LogP contribution in [0.2, 0.25) is 0 Å². The highest BCUT2D eigenvalue weighted by Crippen LogP contribution is 2.31. The molecular formula is C21H20N4O5. The van der Waals surface area contributed by atoms with Gasteiger partial charge in [-0.25, -0.2) is 9.97 Å². The Balaban J connectivity index is 1.46. The molecule has 5 heterocycles. The molecule has 1 aliphatic heterocycles. The first kappa shape index (κ1) is 18.6. The standard InChI is InChI=1S/C21H20N4O5/c1-21(2)7-15-12(10-29-21)6-14-17-18(30-19(14)24-15)20(27)25(11-23-17)9-16(26)22-8-13-4-3-5-28-13/h3-6,11H,7-10H2,1-2H3,(H,22,26). The van der Waals surface area contributed by atoms with Crippen LogP contribution in [0.15, 0.2) is 44.4 Å². The number of carbonyl (C=O) groups excluding carboxylic acids is 1. The predicted octanol–water partition coefficient (Wildman–Crippen LogP) is 2.30. The Morgan fingerprint density at radius 3 is 3.03 bits per heavy atom. The molecule has 1 N–H and O–H groups in total. The minimum absolute atomic E-state index is 0.0846. The zero-order valence-electron chi connectivity index (χ0n) is 16.6. The number of nitrogens with one attached hydrogen (secondary N) is 1. The van der Waals surface area contributed by atoms with Gasteiger partial charge in [-0.05, 0) is 32.0 Å². The van der Waals surface area contributed by atoms with Gasteiger partial charge in [-0.2, -0.15) is 0 Å². The minimum Gasteiger partial charge on any atom is -0.467 e. The van der Waals surface area contributed by atoms with Crippen LogP contribution >= 0.6 is 0 Å². The summed E-state index contributed by atoms with van der Waals surface area (Å²) in [4.78, 5) is 34.0. The molecule has 154 valence electrons. The lowest BCUT2D eigenvalue weighted by molar-refractivity contribution is -0.122. The molecule has 0 spiro atoms. The van der Waals surface area contributed by atoms with Crippen molar-refractivity contribution >= 4 is 28.1 Å². The average Bonchev–Trinajstić information content (AvgIpc) is 3.34. The van der Waals surface area contributed by atoms with Crippen LogP contribution in [0.4, 0.5) is 0 Å². The van der Waals surface area contributed by atoms with Gasteiger partial charge in [0, 0.05) is 12.0 Å². The van der Waals surface area contributed by atoms with Crippen molar-refractivity contribution in [1.29, 1.82) is 0 Å². The lowest BCUT2D eigenvalue weighted by Crippen LogP contribution is -2.32. The summed E-state index contributed by atoms with van der Waals surface area (Å²) < 4.78 is 18.0. The lowest BCUT2D eigenvalue weighted by atomic mass is 9.95. The number of hydrogen-bond donors (Lipinski definition) is 1. The molecule has 0 atom stereocenters. The summed E-state index contributed by atoms with van der Waals surface area (Å²) in [6.45, 7) is 4.54. The van der Waals surface area contributed by atoms with E-state index in [1.807, 2.05) is 19.9 Å². The third-order valence-electron chi connectivity index (χ3n) is 5.17. The first-order chi connectivity index (χ1) is 14.4. The third kappa shape index (κ3) is 3.26. The molecule has 4 aromatic rings. The van der Waals surface area contributed by atoms with Gasteiger partial charge in [-0.3, -0.25) is 14.2 Å². The molecule has 4 aromatic heterocycles. The third-order valence-corrected chi connectivity index (χ3v) is 5.17. The Bertz CT molecular complexity index is 1320. The summed E-state index contributed by atoms with van der Waals surface area (Å²) in [6.07, 6.45) is 3.54. The predicted molar refractivity (Wildman–Crippen MR) is 107 cm³/mol. The molecule has 0 saturated carbocycles. The monoisotopic (exact) mass is 408 g/mol. The normalized spacial score (nSPS) is 15.4. The maximum Gasteiger partial charge on any atom is 0.297 e. The number of fused-ring (bicyclic) bond motifs is 4. The number of pyridine rings is 1. The highest BCUT2D eigenvalue weighted by atomic mass is 16.5. The molecule has 0 radical (unpaired) electrons. The summed E-state index contributed by atoms with van der Waals surface area (Å²) in [7, 11) is 0. The molecule has 0 fully saturated rings. The summed E-state index contributed by atoms with van der Waals surface area (Å²) >= 11 is 0. The van der Waals surface area contributed by atoms with E-state index in [-0.39, 0.29) is 30.2 Å². The Kier molecular flexibility index (Phi) is 4.21. The number of ether oxygens (including phenoxy) is 1. The molecule has 5 rings (SSSR count). The second-order valence-electron chi connectivity index (χ2n) is 7.99. The molecule has 9 heteroatoms. The zero-order valence-corrected chi connectivity index (χ0v) is 16.6. The second-order valence-corrected chi connectivity index (χ2v) is 7.99. The second kappa shape index (κ2) is 6.81. The number of hydrogen-bond acceptors (Lipinski definition) is 7. The number of amides is 1. The fourth-order valence-corrected chi connectivity index (χ4v) is 3.60. The smallest absolute Gasteiger partial charge is 0.297 e. The van der Waals surface area contributed by atoms with E-state index < -0.39 is 5.56 Å². The van der Waals surface area contributed by atoms with Crippen LogP contribution in [-0.4, -0.2) is 26.0 Å². The Morgan fingerprint density at radius 2 is 2.23 bits per heavy atom. The summed E-state index contributed by atoms with van der Waals surface area (Å²) in [5, 5.41) is 3.37. The van der Waals surface area contributed by atoms with Crippen LogP contribution in [-0.2, 0) is 35.6 Å². The van der Waals surface area contributed by atoms with Crippen molar-refractivity contribution in [3.8, 4) is 0 Å². The van der Waals surface area contributed by atoms with Gasteiger partial charge in [0.25, 0.3) is 5.56 Å². The number of rotatable bonds is 4. The van der Waals surface area contributed by atoms with Gasteiger partial charge in [0.15, 0.2) is 0 Å². The van der Waals surface area contributed by atoms with Gasteiger partial charge >= 0.3 is 0 Å². The van der Waals surface area contributed by atoms with Crippen molar-refractivity contribution in [2.45, 2.75) is 45.6 Å². The van der Waals surface area contributed by atoms with Gasteiger partial charge in [-0.15, -0.1) is 0 Å². The molecular weight excluding hydrogens is 388 g/mol. The van der Waals surface area contributed by atoms with Crippen molar-refractivity contribution in [3.05, 3.63) is 58.2 Å². The molecule has 0 bridgehead atoms. The molecule has 0 saturated heterocycles. The minimum atomic E-state index is -0.430. The van der Waals surface area contributed by atoms with E-state index in [2.05, 4.69) is 15.3 Å². The fourth-order valence-electron chi connectivity index (χ4n) is 3.60. The van der Waals surface area contributed by atoms with E-state index in [1.165, 1.54) is 17.2 Å². The largest absolute Gasteiger partial charge is 0.467 e. The van der Waals surface area contributed by atoms with Gasteiger partial charge in [0.1, 0.15) is 17.8 Å². The lowest BCUT2D eigenvalue weighted by Gasteiger charge is -2.30. The molecule has 1 amide bonds. The van der Waals surface area contributed by atoms with E-state index in [0.717, 1.165) is 11.3 Å². The fraction of sp³-hybridized carbons (Fsp3) is 0.333. The zero-order chi connectivity index (χ0) is 20.9. The topological polar surface area (TPSA) is 112 Å². The van der Waals surface area contributed by atoms with Crippen molar-refractivity contribution < 1.29 is 18.4 Å². The summed E-state index contributed by atoms with van der Waals surface area (Å²) in [5.74, 6) is 0.294. The Hall–Kier alpha value is -3.46. The molecule has 0 unspecified atom stereocenters. The van der Waals surface area contributed by atoms with E-state index in [0.29, 0.717) is 35.4 Å². The van der Waals surface area contributed by atoms with Crippen LogP contribution in [0.1, 0.15) is 30.9 Å². The molecule has 9 nitrogen and oxygen atoms in total. The molecule has 0 aliphatic carbocycles. The van der Waals surface area contributed by atoms with Crippen molar-refractivity contribution in [2.24, 2.45) is 0 Å². The van der Waals surface area contributed by atoms with Crippen LogP contribution in [0.25, 0.3) is 22.2 Å². The number of furan rings is 2. The Morgan fingerprint density at radius 1 is 1.37 bits per heavy atom. The van der Waals surface area contributed by atoms with E-state index in [1.54, 1.807) is 12.1 Å². The van der Waals surface area contributed by atoms with Gasteiger partial charge in [0.05, 0.1) is 42.4 Å². The molecule has 0 aromatic carbocycles. The average molecular weight is 408 g/mol. The molecule has 30 heavy (non-hydrogen) atoms. The number of aromatic nitrogens is 3. The number of nitrogens with zero attached hydrogens (tertiary/aromatic N) is 3. The highest BCUT2D eigenvalue weighted by molar-refractivity contribution is 6.00. The summed E-state index contributed by atoms with van der Waals surface area (Å²) in [6, 6.07) is 5.42.